The van der Waals surface area contributed by atoms with E-state index in [4.69, 9.17) is 15.2 Å². The lowest BCUT2D eigenvalue weighted by Crippen LogP contribution is -2.35. The summed E-state index contributed by atoms with van der Waals surface area (Å²) in [6, 6.07) is 1.72. The molecular formula is C10H16N4O2. The number of nitrogens with zero attached hydrogens (tertiary/aromatic N) is 2. The highest BCUT2D eigenvalue weighted by Crippen LogP contribution is 2.24. The molecule has 6 heteroatoms. The van der Waals surface area contributed by atoms with Crippen molar-refractivity contribution in [2.45, 2.75) is 18.9 Å². The Labute approximate surface area is 94.2 Å². The van der Waals surface area contributed by atoms with Crippen molar-refractivity contribution in [3.05, 3.63) is 6.07 Å². The molecule has 88 valence electrons. The molecule has 0 spiro atoms. The highest BCUT2D eigenvalue weighted by molar-refractivity contribution is 5.45. The standard InChI is InChI=1S/C10H16N4O2/c1-10(3-4-16-6-10)14-7-5-8(15-2)13-9(11)12-7/h5H,3-4,6H2,1-2H3,(H3,11,12,13,14). The molecule has 0 aliphatic carbocycles. The van der Waals surface area contributed by atoms with E-state index in [0.717, 1.165) is 13.0 Å². The number of nitrogens with one attached hydrogen (secondary N) is 1. The third kappa shape index (κ3) is 2.33. The van der Waals surface area contributed by atoms with Crippen LogP contribution in [0.1, 0.15) is 13.3 Å². The van der Waals surface area contributed by atoms with Crippen molar-refractivity contribution in [3.8, 4) is 5.88 Å². The van der Waals surface area contributed by atoms with E-state index in [-0.39, 0.29) is 11.5 Å². The summed E-state index contributed by atoms with van der Waals surface area (Å²) in [5.74, 6) is 1.32. The predicted molar refractivity (Wildman–Crippen MR) is 60.5 cm³/mol. The first-order valence-electron chi connectivity index (χ1n) is 5.16. The normalized spacial score (nSPS) is 24.4. The topological polar surface area (TPSA) is 82.3 Å². The number of hydrogen-bond donors (Lipinski definition) is 2. The maximum atomic E-state index is 5.58. The van der Waals surface area contributed by atoms with Gasteiger partial charge in [-0.05, 0) is 13.3 Å². The number of anilines is 2. The minimum absolute atomic E-state index is 0.0915. The van der Waals surface area contributed by atoms with Crippen LogP contribution in [-0.2, 0) is 4.74 Å². The number of nitrogens with two attached hydrogens (primary N) is 1. The molecule has 0 radical (unpaired) electrons. The molecule has 6 nitrogen and oxygen atoms in total. The number of nitrogen functional groups attached to an aromatic ring is 1. The molecule has 0 aromatic carbocycles. The van der Waals surface area contributed by atoms with Crippen molar-refractivity contribution < 1.29 is 9.47 Å². The Bertz CT molecular complexity index is 377. The minimum atomic E-state index is -0.0915. The summed E-state index contributed by atoms with van der Waals surface area (Å²) < 4.78 is 10.4. The largest absolute Gasteiger partial charge is 0.481 e. The van der Waals surface area contributed by atoms with Gasteiger partial charge in [0, 0.05) is 12.7 Å². The van der Waals surface area contributed by atoms with Crippen molar-refractivity contribution >= 4 is 11.8 Å². The number of rotatable bonds is 3. The van der Waals surface area contributed by atoms with Crippen LogP contribution in [-0.4, -0.2) is 35.8 Å². The Morgan fingerprint density at radius 2 is 2.38 bits per heavy atom. The van der Waals surface area contributed by atoms with Crippen molar-refractivity contribution in [2.75, 3.05) is 31.4 Å². The SMILES string of the molecule is COc1cc(NC2(C)CCOC2)nc(N)n1. The lowest BCUT2D eigenvalue weighted by atomic mass is 10.0. The van der Waals surface area contributed by atoms with Crippen LogP contribution >= 0.6 is 0 Å². The number of ether oxygens (including phenoxy) is 2. The van der Waals surface area contributed by atoms with Gasteiger partial charge < -0.3 is 20.5 Å². The van der Waals surface area contributed by atoms with E-state index < -0.39 is 0 Å². The molecule has 1 aromatic heterocycles. The van der Waals surface area contributed by atoms with Crippen molar-refractivity contribution in [3.63, 3.8) is 0 Å². The maximum Gasteiger partial charge on any atom is 0.225 e. The lowest BCUT2D eigenvalue weighted by Gasteiger charge is -2.24. The summed E-state index contributed by atoms with van der Waals surface area (Å²) in [4.78, 5) is 8.03. The molecular weight excluding hydrogens is 208 g/mol. The van der Waals surface area contributed by atoms with Crippen LogP contribution in [0.15, 0.2) is 6.07 Å². The lowest BCUT2D eigenvalue weighted by molar-refractivity contribution is 0.185. The summed E-state index contributed by atoms with van der Waals surface area (Å²) in [5, 5.41) is 3.30. The molecule has 2 rings (SSSR count). The van der Waals surface area contributed by atoms with Gasteiger partial charge in [0.05, 0.1) is 19.3 Å². The van der Waals surface area contributed by atoms with Crippen LogP contribution in [0.25, 0.3) is 0 Å². The fourth-order valence-electron chi connectivity index (χ4n) is 1.69. The fourth-order valence-corrected chi connectivity index (χ4v) is 1.69. The summed E-state index contributed by atoms with van der Waals surface area (Å²) in [6.07, 6.45) is 0.944. The van der Waals surface area contributed by atoms with E-state index in [0.29, 0.717) is 18.3 Å². The van der Waals surface area contributed by atoms with E-state index in [1.165, 1.54) is 0 Å². The summed E-state index contributed by atoms with van der Waals surface area (Å²) >= 11 is 0. The van der Waals surface area contributed by atoms with Gasteiger partial charge in [-0.15, -0.1) is 0 Å². The summed E-state index contributed by atoms with van der Waals surface area (Å²) in [7, 11) is 1.55. The molecule has 1 aromatic rings. The average molecular weight is 224 g/mol. The monoisotopic (exact) mass is 224 g/mol. The zero-order chi connectivity index (χ0) is 11.6. The van der Waals surface area contributed by atoms with Gasteiger partial charge in [0.2, 0.25) is 11.8 Å². The van der Waals surface area contributed by atoms with Crippen molar-refractivity contribution in [2.24, 2.45) is 0 Å². The minimum Gasteiger partial charge on any atom is -0.481 e. The van der Waals surface area contributed by atoms with Gasteiger partial charge in [-0.1, -0.05) is 0 Å². The summed E-state index contributed by atoms with van der Waals surface area (Å²) in [5.41, 5.74) is 5.49. The number of aromatic nitrogens is 2. The molecule has 3 N–H and O–H groups in total. The first kappa shape index (κ1) is 10.9. The van der Waals surface area contributed by atoms with Gasteiger partial charge in [0.1, 0.15) is 5.82 Å². The second kappa shape index (κ2) is 4.13. The molecule has 0 amide bonds. The zero-order valence-electron chi connectivity index (χ0n) is 9.49. The molecule has 1 aliphatic rings. The van der Waals surface area contributed by atoms with Gasteiger partial charge in [-0.2, -0.15) is 9.97 Å². The van der Waals surface area contributed by atoms with Gasteiger partial charge in [-0.25, -0.2) is 0 Å². The predicted octanol–water partition coefficient (Wildman–Crippen LogP) is 0.658. The van der Waals surface area contributed by atoms with Gasteiger partial charge in [0.15, 0.2) is 0 Å². The first-order valence-corrected chi connectivity index (χ1v) is 5.16. The Morgan fingerprint density at radius 1 is 1.56 bits per heavy atom. The van der Waals surface area contributed by atoms with E-state index in [2.05, 4.69) is 22.2 Å². The molecule has 16 heavy (non-hydrogen) atoms. The van der Waals surface area contributed by atoms with E-state index in [1.54, 1.807) is 13.2 Å². The quantitative estimate of drug-likeness (QED) is 0.784. The van der Waals surface area contributed by atoms with Crippen LogP contribution in [0.4, 0.5) is 11.8 Å². The third-order valence-corrected chi connectivity index (χ3v) is 2.58. The van der Waals surface area contributed by atoms with E-state index in [9.17, 15) is 0 Å². The molecule has 2 heterocycles. The molecule has 1 unspecified atom stereocenters. The molecule has 0 bridgehead atoms. The van der Waals surface area contributed by atoms with Crippen LogP contribution < -0.4 is 15.8 Å². The van der Waals surface area contributed by atoms with Gasteiger partial charge >= 0.3 is 0 Å². The highest BCUT2D eigenvalue weighted by atomic mass is 16.5. The van der Waals surface area contributed by atoms with E-state index in [1.807, 2.05) is 0 Å². The third-order valence-electron chi connectivity index (χ3n) is 2.58. The van der Waals surface area contributed by atoms with Crippen LogP contribution in [0.5, 0.6) is 5.88 Å². The molecule has 1 atom stereocenters. The van der Waals surface area contributed by atoms with Crippen molar-refractivity contribution in [1.29, 1.82) is 0 Å². The maximum absolute atomic E-state index is 5.58. The van der Waals surface area contributed by atoms with Crippen LogP contribution in [0.3, 0.4) is 0 Å². The van der Waals surface area contributed by atoms with Crippen molar-refractivity contribution in [1.82, 2.24) is 9.97 Å². The zero-order valence-corrected chi connectivity index (χ0v) is 9.49. The Balaban J connectivity index is 2.17. The highest BCUT2D eigenvalue weighted by Gasteiger charge is 2.29. The first-order chi connectivity index (χ1) is 7.61. The number of hydrogen-bond acceptors (Lipinski definition) is 6. The molecule has 1 aliphatic heterocycles. The molecule has 0 saturated carbocycles. The fraction of sp³-hybridized carbons (Fsp3) is 0.600. The van der Waals surface area contributed by atoms with Gasteiger partial charge in [0.25, 0.3) is 0 Å². The van der Waals surface area contributed by atoms with Gasteiger partial charge in [-0.3, -0.25) is 0 Å². The average Bonchev–Trinajstić information content (AvgIpc) is 2.63. The smallest absolute Gasteiger partial charge is 0.225 e. The van der Waals surface area contributed by atoms with Crippen LogP contribution in [0.2, 0.25) is 0 Å². The van der Waals surface area contributed by atoms with E-state index >= 15 is 0 Å². The van der Waals surface area contributed by atoms with Crippen LogP contribution in [0, 0.1) is 0 Å². The Hall–Kier alpha value is -1.56. The second-order valence-electron chi connectivity index (χ2n) is 4.14. The molecule has 1 saturated heterocycles. The second-order valence-corrected chi connectivity index (χ2v) is 4.14. The number of methoxy groups -OCH3 is 1. The summed E-state index contributed by atoms with van der Waals surface area (Å²) in [6.45, 7) is 3.52. The Kier molecular flexibility index (Phi) is 2.82. The molecule has 1 fully saturated rings. The Morgan fingerprint density at radius 3 is 3.00 bits per heavy atom.